The monoisotopic (exact) mass is 306 g/mol. The largest absolute Gasteiger partial charge is 0.478 e. The SMILES string of the molecule is CCc1cc(CSc2nc(C)nc(C)c2C(=O)O)n(C)n1. The van der Waals surface area contributed by atoms with E-state index in [9.17, 15) is 9.90 Å². The quantitative estimate of drug-likeness (QED) is 0.675. The van der Waals surface area contributed by atoms with Crippen molar-refractivity contribution in [2.75, 3.05) is 0 Å². The molecule has 0 atom stereocenters. The van der Waals surface area contributed by atoms with Crippen molar-refractivity contribution in [1.29, 1.82) is 0 Å². The van der Waals surface area contributed by atoms with Crippen molar-refractivity contribution in [2.24, 2.45) is 7.05 Å². The number of aromatic nitrogens is 4. The molecule has 0 aliphatic heterocycles. The van der Waals surface area contributed by atoms with Gasteiger partial charge in [0.1, 0.15) is 16.4 Å². The third kappa shape index (κ3) is 3.41. The molecule has 0 saturated heterocycles. The Morgan fingerprint density at radius 2 is 2.10 bits per heavy atom. The van der Waals surface area contributed by atoms with Gasteiger partial charge < -0.3 is 5.11 Å². The summed E-state index contributed by atoms with van der Waals surface area (Å²) in [6.07, 6.45) is 0.880. The molecule has 0 aromatic carbocycles. The van der Waals surface area contributed by atoms with Crippen LogP contribution in [0.1, 0.15) is 40.2 Å². The highest BCUT2D eigenvalue weighted by Crippen LogP contribution is 2.26. The molecule has 0 amide bonds. The van der Waals surface area contributed by atoms with Gasteiger partial charge >= 0.3 is 5.97 Å². The van der Waals surface area contributed by atoms with E-state index >= 15 is 0 Å². The maximum Gasteiger partial charge on any atom is 0.340 e. The molecule has 2 aromatic rings. The van der Waals surface area contributed by atoms with E-state index in [1.807, 2.05) is 17.8 Å². The van der Waals surface area contributed by atoms with E-state index < -0.39 is 5.97 Å². The second kappa shape index (κ2) is 6.26. The number of carboxylic acids is 1. The van der Waals surface area contributed by atoms with Crippen molar-refractivity contribution in [2.45, 2.75) is 38.0 Å². The normalized spacial score (nSPS) is 10.9. The second-order valence-electron chi connectivity index (χ2n) is 4.73. The zero-order valence-corrected chi connectivity index (χ0v) is 13.4. The van der Waals surface area contributed by atoms with Crippen LogP contribution in [0.4, 0.5) is 0 Å². The Labute approximate surface area is 127 Å². The van der Waals surface area contributed by atoms with Gasteiger partial charge in [0.25, 0.3) is 0 Å². The van der Waals surface area contributed by atoms with Crippen LogP contribution in [0, 0.1) is 13.8 Å². The predicted octanol–water partition coefficient (Wildman–Crippen LogP) is 2.38. The number of aromatic carboxylic acids is 1. The van der Waals surface area contributed by atoms with Crippen LogP contribution in [-0.2, 0) is 19.2 Å². The third-order valence-electron chi connectivity index (χ3n) is 3.13. The molecule has 0 bridgehead atoms. The first-order chi connectivity index (χ1) is 9.92. The Bertz CT molecular complexity index is 682. The van der Waals surface area contributed by atoms with Gasteiger partial charge in [-0.1, -0.05) is 18.7 Å². The third-order valence-corrected chi connectivity index (χ3v) is 4.14. The first-order valence-electron chi connectivity index (χ1n) is 6.65. The molecule has 0 fully saturated rings. The molecule has 1 N–H and O–H groups in total. The van der Waals surface area contributed by atoms with Crippen LogP contribution >= 0.6 is 11.8 Å². The van der Waals surface area contributed by atoms with Crippen LogP contribution in [0.5, 0.6) is 0 Å². The van der Waals surface area contributed by atoms with Gasteiger partial charge in [-0.25, -0.2) is 14.8 Å². The minimum Gasteiger partial charge on any atom is -0.478 e. The topological polar surface area (TPSA) is 80.9 Å². The average Bonchev–Trinajstić information content (AvgIpc) is 2.75. The molecule has 7 heteroatoms. The summed E-state index contributed by atoms with van der Waals surface area (Å²) in [5.41, 5.74) is 2.75. The smallest absolute Gasteiger partial charge is 0.340 e. The molecule has 2 aromatic heterocycles. The van der Waals surface area contributed by atoms with Gasteiger partial charge in [0.2, 0.25) is 0 Å². The lowest BCUT2D eigenvalue weighted by molar-refractivity contribution is 0.0690. The predicted molar refractivity (Wildman–Crippen MR) is 80.6 cm³/mol. The molecule has 0 saturated carbocycles. The molecular formula is C14H18N4O2S. The van der Waals surface area contributed by atoms with Gasteiger partial charge in [0.15, 0.2) is 0 Å². The standard InChI is InChI=1S/C14H18N4O2S/c1-5-10-6-11(18(4)17-10)7-21-13-12(14(19)20)8(2)15-9(3)16-13/h6H,5,7H2,1-4H3,(H,19,20). The Morgan fingerprint density at radius 1 is 1.38 bits per heavy atom. The summed E-state index contributed by atoms with van der Waals surface area (Å²) < 4.78 is 1.83. The molecule has 21 heavy (non-hydrogen) atoms. The average molecular weight is 306 g/mol. The summed E-state index contributed by atoms with van der Waals surface area (Å²) in [5, 5.41) is 14.2. The fraction of sp³-hybridized carbons (Fsp3) is 0.429. The molecule has 2 heterocycles. The minimum atomic E-state index is -0.991. The summed E-state index contributed by atoms with van der Waals surface area (Å²) in [6.45, 7) is 5.52. The molecule has 0 radical (unpaired) electrons. The fourth-order valence-electron chi connectivity index (χ4n) is 2.05. The van der Waals surface area contributed by atoms with Crippen LogP contribution < -0.4 is 0 Å². The highest BCUT2D eigenvalue weighted by atomic mass is 32.2. The molecular weight excluding hydrogens is 288 g/mol. The fourth-order valence-corrected chi connectivity index (χ4v) is 3.18. The molecule has 2 rings (SSSR count). The Kier molecular flexibility index (Phi) is 4.62. The van der Waals surface area contributed by atoms with Crippen molar-refractivity contribution in [3.63, 3.8) is 0 Å². The highest BCUT2D eigenvalue weighted by Gasteiger charge is 2.18. The number of thioether (sulfide) groups is 1. The number of carbonyl (C=O) groups is 1. The van der Waals surface area contributed by atoms with Gasteiger partial charge in [-0.15, -0.1) is 0 Å². The molecule has 0 unspecified atom stereocenters. The highest BCUT2D eigenvalue weighted by molar-refractivity contribution is 7.98. The Hall–Kier alpha value is -1.89. The van der Waals surface area contributed by atoms with Crippen LogP contribution in [0.15, 0.2) is 11.1 Å². The molecule has 0 aliphatic rings. The Morgan fingerprint density at radius 3 is 2.67 bits per heavy atom. The number of rotatable bonds is 5. The van der Waals surface area contributed by atoms with E-state index in [-0.39, 0.29) is 5.56 Å². The first kappa shape index (κ1) is 15.5. The maximum absolute atomic E-state index is 11.4. The van der Waals surface area contributed by atoms with Crippen molar-refractivity contribution >= 4 is 17.7 Å². The van der Waals surface area contributed by atoms with Gasteiger partial charge in [-0.3, -0.25) is 4.68 Å². The van der Waals surface area contributed by atoms with Gasteiger partial charge in [-0.05, 0) is 26.3 Å². The van der Waals surface area contributed by atoms with E-state index in [1.54, 1.807) is 13.8 Å². The molecule has 6 nitrogen and oxygen atoms in total. The maximum atomic E-state index is 11.4. The summed E-state index contributed by atoms with van der Waals surface area (Å²) in [5.74, 6) is 0.216. The summed E-state index contributed by atoms with van der Waals surface area (Å²) >= 11 is 1.40. The number of aryl methyl sites for hydroxylation is 4. The number of nitrogens with zero attached hydrogens (tertiary/aromatic N) is 4. The van der Waals surface area contributed by atoms with E-state index in [2.05, 4.69) is 22.0 Å². The molecule has 112 valence electrons. The van der Waals surface area contributed by atoms with Crippen molar-refractivity contribution in [1.82, 2.24) is 19.7 Å². The minimum absolute atomic E-state index is 0.184. The van der Waals surface area contributed by atoms with Crippen molar-refractivity contribution < 1.29 is 9.90 Å². The van der Waals surface area contributed by atoms with Gasteiger partial charge in [0.05, 0.1) is 11.4 Å². The molecule has 0 aliphatic carbocycles. The number of hydrogen-bond acceptors (Lipinski definition) is 5. The summed E-state index contributed by atoms with van der Waals surface area (Å²) in [6, 6.07) is 2.04. The van der Waals surface area contributed by atoms with E-state index in [1.165, 1.54) is 11.8 Å². The van der Waals surface area contributed by atoms with Gasteiger partial charge in [-0.2, -0.15) is 5.10 Å². The zero-order chi connectivity index (χ0) is 15.6. The van der Waals surface area contributed by atoms with Gasteiger partial charge in [0, 0.05) is 18.5 Å². The van der Waals surface area contributed by atoms with Crippen LogP contribution in [0.25, 0.3) is 0 Å². The van der Waals surface area contributed by atoms with Crippen LogP contribution in [0.2, 0.25) is 0 Å². The zero-order valence-electron chi connectivity index (χ0n) is 12.5. The van der Waals surface area contributed by atoms with Crippen molar-refractivity contribution in [3.05, 3.63) is 34.5 Å². The lowest BCUT2D eigenvalue weighted by Crippen LogP contribution is -2.08. The number of carboxylic acid groups (broad SMARTS) is 1. The lowest BCUT2D eigenvalue weighted by atomic mass is 10.2. The summed E-state index contributed by atoms with van der Waals surface area (Å²) in [7, 11) is 1.89. The van der Waals surface area contributed by atoms with Crippen LogP contribution in [0.3, 0.4) is 0 Å². The first-order valence-corrected chi connectivity index (χ1v) is 7.64. The second-order valence-corrected chi connectivity index (χ2v) is 5.70. The van der Waals surface area contributed by atoms with E-state index in [0.717, 1.165) is 17.8 Å². The molecule has 0 spiro atoms. The Balaban J connectivity index is 2.27. The lowest BCUT2D eigenvalue weighted by Gasteiger charge is -2.08. The van der Waals surface area contributed by atoms with Crippen LogP contribution in [-0.4, -0.2) is 30.8 Å². The summed E-state index contributed by atoms with van der Waals surface area (Å²) in [4.78, 5) is 19.8. The van der Waals surface area contributed by atoms with E-state index in [4.69, 9.17) is 0 Å². The van der Waals surface area contributed by atoms with Crippen molar-refractivity contribution in [3.8, 4) is 0 Å². The number of hydrogen-bond donors (Lipinski definition) is 1. The van der Waals surface area contributed by atoms with E-state index in [0.29, 0.717) is 22.3 Å².